The molecule has 1 amide bonds. The molecule has 1 aliphatic rings. The van der Waals surface area contributed by atoms with Crippen LogP contribution in [-0.2, 0) is 28.6 Å². The van der Waals surface area contributed by atoms with Gasteiger partial charge in [-0.05, 0) is 12.8 Å². The summed E-state index contributed by atoms with van der Waals surface area (Å²) in [5, 5.41) is 2.89. The van der Waals surface area contributed by atoms with Gasteiger partial charge in [-0.25, -0.2) is 0 Å². The first-order valence-corrected chi connectivity index (χ1v) is 12.5. The lowest BCUT2D eigenvalue weighted by Crippen LogP contribution is -2.49. The molecule has 1 rings (SSSR count). The van der Waals surface area contributed by atoms with Gasteiger partial charge in [0.2, 0.25) is 5.91 Å². The Hall–Kier alpha value is -1.01. The van der Waals surface area contributed by atoms with Crippen LogP contribution < -0.4 is 11.1 Å². The minimum Gasteiger partial charge on any atom is -0.462 e. The highest BCUT2D eigenvalue weighted by Gasteiger charge is 2.45. The van der Waals surface area contributed by atoms with E-state index in [1.54, 1.807) is 0 Å². The molecule has 1 saturated carbocycles. The average Bonchev–Trinajstić information content (AvgIpc) is 3.37. The van der Waals surface area contributed by atoms with Gasteiger partial charge in [-0.3, -0.25) is 14.4 Å². The number of rotatable bonds is 15. The summed E-state index contributed by atoms with van der Waals surface area (Å²) in [6.07, 6.45) is 1.07. The number of amides is 1. The van der Waals surface area contributed by atoms with E-state index in [9.17, 15) is 14.4 Å². The third-order valence-electron chi connectivity index (χ3n) is 4.11. The number of hydrogen-bond donors (Lipinski definition) is 5. The lowest BCUT2D eigenvalue weighted by Gasteiger charge is -2.21. The number of esters is 2. The topological polar surface area (TPSA) is 178 Å². The fraction of sp³-hybridized carbons (Fsp3) is 0.824. The highest BCUT2D eigenvalue weighted by Crippen LogP contribution is 2.44. The lowest BCUT2D eigenvalue weighted by atomic mass is 10.2. The van der Waals surface area contributed by atoms with Crippen molar-refractivity contribution in [1.29, 1.82) is 0 Å². The van der Waals surface area contributed by atoms with Crippen molar-refractivity contribution in [3.05, 3.63) is 0 Å². The van der Waals surface area contributed by atoms with E-state index >= 15 is 0 Å². The van der Waals surface area contributed by atoms with Crippen LogP contribution in [0.1, 0.15) is 33.1 Å². The number of hydrogen-bond acceptors (Lipinski definition) is 11. The van der Waals surface area contributed by atoms with Crippen molar-refractivity contribution in [3.8, 4) is 0 Å². The maximum Gasteiger partial charge on any atom is 0.403 e. The summed E-state index contributed by atoms with van der Waals surface area (Å²) in [7, 11) is -3.77. The zero-order chi connectivity index (χ0) is 22.8. The zero-order valence-electron chi connectivity index (χ0n) is 17.2. The van der Waals surface area contributed by atoms with Crippen molar-refractivity contribution in [3.63, 3.8) is 0 Å². The third kappa shape index (κ3) is 12.6. The molecule has 0 radical (unpaired) electrons. The van der Waals surface area contributed by atoms with E-state index in [0.29, 0.717) is 12.2 Å². The molecule has 30 heavy (non-hydrogen) atoms. The summed E-state index contributed by atoms with van der Waals surface area (Å²) in [5.41, 5.74) is 5.48. The zero-order valence-corrected chi connectivity index (χ0v) is 19.0. The number of nitrogens with one attached hydrogen (secondary N) is 1. The Morgan fingerprint density at radius 2 is 1.83 bits per heavy atom. The Labute approximate surface area is 180 Å². The molecule has 0 saturated heterocycles. The van der Waals surface area contributed by atoms with Crippen molar-refractivity contribution in [2.45, 2.75) is 50.8 Å². The summed E-state index contributed by atoms with van der Waals surface area (Å²) in [5.74, 6) is -0.674. The summed E-state index contributed by atoms with van der Waals surface area (Å²) in [6.45, 7) is 2.98. The minimum atomic E-state index is -3.77. The molecule has 0 bridgehead atoms. The molecule has 1 fully saturated rings. The smallest absolute Gasteiger partial charge is 0.403 e. The van der Waals surface area contributed by atoms with Gasteiger partial charge in [0.15, 0.2) is 0 Å². The van der Waals surface area contributed by atoms with Gasteiger partial charge in [0.1, 0.15) is 18.9 Å². The first-order valence-electron chi connectivity index (χ1n) is 9.52. The van der Waals surface area contributed by atoms with Crippen molar-refractivity contribution >= 4 is 37.6 Å². The van der Waals surface area contributed by atoms with Crippen LogP contribution in [0.4, 0.5) is 0 Å². The number of carbonyl (C=O) groups excluding carboxylic acids is 3. The van der Waals surface area contributed by atoms with Crippen LogP contribution in [0.3, 0.4) is 0 Å². The van der Waals surface area contributed by atoms with Crippen LogP contribution in [0.5, 0.6) is 0 Å². The predicted octanol–water partition coefficient (Wildman–Crippen LogP) is -0.663. The fourth-order valence-electron chi connectivity index (χ4n) is 2.42. The summed E-state index contributed by atoms with van der Waals surface area (Å²) < 4.78 is 15.4. The Balaban J connectivity index is 2.29. The molecule has 0 aliphatic heterocycles. The second-order valence-electron chi connectivity index (χ2n) is 7.27. The van der Waals surface area contributed by atoms with Crippen LogP contribution in [0.15, 0.2) is 0 Å². The molecular weight excluding hydrogens is 439 g/mol. The van der Waals surface area contributed by atoms with Gasteiger partial charge in [0.25, 0.3) is 0 Å². The quantitative estimate of drug-likeness (QED) is 0.116. The molecule has 0 aromatic heterocycles. The normalized spacial score (nSPS) is 17.0. The molecule has 0 heterocycles. The Morgan fingerprint density at radius 3 is 2.37 bits per heavy atom. The molecule has 6 N–H and O–H groups in total. The lowest BCUT2D eigenvalue weighted by molar-refractivity contribution is -0.154. The molecule has 2 atom stereocenters. The predicted molar refractivity (Wildman–Crippen MR) is 111 cm³/mol. The van der Waals surface area contributed by atoms with Gasteiger partial charge in [0, 0.05) is 31.8 Å². The maximum atomic E-state index is 12.3. The molecule has 174 valence electrons. The molecule has 1 aliphatic carbocycles. The Kier molecular flexibility index (Phi) is 11.5. The van der Waals surface area contributed by atoms with E-state index in [2.05, 4.69) is 5.32 Å². The summed E-state index contributed by atoms with van der Waals surface area (Å²) in [4.78, 5) is 61.1. The van der Waals surface area contributed by atoms with Crippen LogP contribution in [-0.4, -0.2) is 87.7 Å². The fourth-order valence-corrected chi connectivity index (χ4v) is 3.94. The summed E-state index contributed by atoms with van der Waals surface area (Å²) in [6, 6.07) is -0.775. The van der Waals surface area contributed by atoms with Crippen molar-refractivity contribution in [2.75, 3.05) is 37.5 Å². The number of carbonyl (C=O) groups is 3. The largest absolute Gasteiger partial charge is 0.462 e. The Bertz CT molecular complexity index is 584. The van der Waals surface area contributed by atoms with E-state index in [-0.39, 0.29) is 37.6 Å². The van der Waals surface area contributed by atoms with Gasteiger partial charge in [-0.1, -0.05) is 0 Å². The SMILES string of the molecule is CC(=O)OC[C@H](CSC[C@H](N)C(=O)NC1(COCCC[P+](O)(O)O)CC1)OC(C)=O. The van der Waals surface area contributed by atoms with Crippen molar-refractivity contribution in [2.24, 2.45) is 5.73 Å². The van der Waals surface area contributed by atoms with E-state index in [1.807, 2.05) is 0 Å². The Morgan fingerprint density at radius 1 is 1.17 bits per heavy atom. The molecule has 11 nitrogen and oxygen atoms in total. The van der Waals surface area contributed by atoms with Crippen molar-refractivity contribution < 1.29 is 43.3 Å². The van der Waals surface area contributed by atoms with Gasteiger partial charge in [-0.15, -0.1) is 0 Å². The number of nitrogens with two attached hydrogens (primary N) is 1. The molecule has 0 aromatic carbocycles. The second kappa shape index (κ2) is 12.7. The highest BCUT2D eigenvalue weighted by atomic mass is 32.2. The van der Waals surface area contributed by atoms with Gasteiger partial charge < -0.3 is 25.3 Å². The average molecular weight is 471 g/mol. The van der Waals surface area contributed by atoms with E-state index in [1.165, 1.54) is 25.6 Å². The van der Waals surface area contributed by atoms with Gasteiger partial charge in [0.05, 0.1) is 24.8 Å². The van der Waals surface area contributed by atoms with E-state index in [4.69, 9.17) is 34.6 Å². The van der Waals surface area contributed by atoms with Gasteiger partial charge in [-0.2, -0.15) is 26.4 Å². The molecule has 13 heteroatoms. The molecule has 0 aromatic rings. The molecule has 0 spiro atoms. The summed E-state index contributed by atoms with van der Waals surface area (Å²) >= 11 is 1.31. The van der Waals surface area contributed by atoms with Crippen LogP contribution >= 0.6 is 19.7 Å². The minimum absolute atomic E-state index is 0.0598. The third-order valence-corrected chi connectivity index (χ3v) is 6.23. The number of thioether (sulfide) groups is 1. The maximum absolute atomic E-state index is 12.3. The highest BCUT2D eigenvalue weighted by molar-refractivity contribution is 7.99. The van der Waals surface area contributed by atoms with Crippen LogP contribution in [0.25, 0.3) is 0 Å². The number of ether oxygens (including phenoxy) is 3. The monoisotopic (exact) mass is 471 g/mol. The van der Waals surface area contributed by atoms with Crippen LogP contribution in [0.2, 0.25) is 0 Å². The van der Waals surface area contributed by atoms with Gasteiger partial charge >= 0.3 is 19.9 Å². The first kappa shape index (κ1) is 27.0. The standard InChI is InChI=1S/C17H31N2O9PS/c1-12(20)27-8-14(28-13(2)21)9-30-10-15(18)16(22)19-17(4-5-17)11-26-6-3-7-29(23,24)25/h14-15,23-25H,3-11,18H2,1-2H3/p+1/t14-,15+/m1/s1. The molecule has 0 unspecified atom stereocenters. The first-order chi connectivity index (χ1) is 13.9. The van der Waals surface area contributed by atoms with E-state index in [0.717, 1.165) is 12.8 Å². The van der Waals surface area contributed by atoms with Crippen molar-refractivity contribution in [1.82, 2.24) is 5.32 Å². The second-order valence-corrected chi connectivity index (χ2v) is 10.2. The van der Waals surface area contributed by atoms with E-state index < -0.39 is 37.6 Å². The van der Waals surface area contributed by atoms with Crippen LogP contribution in [0, 0.1) is 0 Å². The molecular formula is C17H32N2O9PS+.